The van der Waals surface area contributed by atoms with E-state index in [0.717, 1.165) is 17.9 Å². The van der Waals surface area contributed by atoms with Crippen molar-refractivity contribution < 1.29 is 9.47 Å². The van der Waals surface area contributed by atoms with Crippen molar-refractivity contribution in [3.63, 3.8) is 0 Å². The van der Waals surface area contributed by atoms with Gasteiger partial charge in [0.2, 0.25) is 6.79 Å². The summed E-state index contributed by atoms with van der Waals surface area (Å²) in [5, 5.41) is 0. The van der Waals surface area contributed by atoms with Crippen molar-refractivity contribution in [2.45, 2.75) is 17.4 Å². The monoisotopic (exact) mass is 254 g/mol. The predicted molar refractivity (Wildman–Crippen MR) is 69.6 cm³/mol. The number of ether oxygens (including phenoxy) is 2. The molecular weight excluding hydrogens is 240 g/mol. The van der Waals surface area contributed by atoms with Crippen LogP contribution < -0.4 is 9.47 Å². The number of rotatable bonds is 2. The molecule has 86 valence electrons. The van der Waals surface area contributed by atoms with Crippen molar-refractivity contribution in [2.75, 3.05) is 18.3 Å². The SMILES string of the molecule is c1cc2c(cc1CC1SCCCS1)OCO2. The smallest absolute Gasteiger partial charge is 0.231 e. The predicted octanol–water partition coefficient (Wildman–Crippen LogP) is 3.15. The second kappa shape index (κ2) is 4.80. The highest BCUT2D eigenvalue weighted by atomic mass is 32.2. The Bertz CT molecular complexity index is 375. The van der Waals surface area contributed by atoms with Crippen LogP contribution in [-0.2, 0) is 6.42 Å². The van der Waals surface area contributed by atoms with E-state index in [4.69, 9.17) is 9.47 Å². The first-order valence-corrected chi connectivity index (χ1v) is 7.63. The van der Waals surface area contributed by atoms with Gasteiger partial charge in [0.05, 0.1) is 4.58 Å². The van der Waals surface area contributed by atoms with E-state index in [1.165, 1.54) is 23.5 Å². The molecule has 0 aromatic heterocycles. The molecular formula is C12H14O2S2. The minimum atomic E-state index is 0.367. The molecule has 2 heterocycles. The molecule has 0 bridgehead atoms. The van der Waals surface area contributed by atoms with Gasteiger partial charge in [-0.1, -0.05) is 6.07 Å². The van der Waals surface area contributed by atoms with Crippen LogP contribution in [0, 0.1) is 0 Å². The second-order valence-electron chi connectivity index (χ2n) is 3.92. The van der Waals surface area contributed by atoms with Crippen molar-refractivity contribution in [3.05, 3.63) is 23.8 Å². The van der Waals surface area contributed by atoms with Crippen LogP contribution in [0.1, 0.15) is 12.0 Å². The molecule has 2 nitrogen and oxygen atoms in total. The van der Waals surface area contributed by atoms with Crippen LogP contribution in [-0.4, -0.2) is 22.9 Å². The average Bonchev–Trinajstić information content (AvgIpc) is 2.77. The number of thioether (sulfide) groups is 2. The summed E-state index contributed by atoms with van der Waals surface area (Å²) >= 11 is 4.16. The normalized spacial score (nSPS) is 20.0. The maximum absolute atomic E-state index is 5.39. The van der Waals surface area contributed by atoms with Crippen LogP contribution in [0.3, 0.4) is 0 Å². The van der Waals surface area contributed by atoms with Gasteiger partial charge in [-0.3, -0.25) is 0 Å². The maximum Gasteiger partial charge on any atom is 0.231 e. The van der Waals surface area contributed by atoms with Crippen molar-refractivity contribution in [2.24, 2.45) is 0 Å². The fourth-order valence-corrected chi connectivity index (χ4v) is 4.83. The zero-order chi connectivity index (χ0) is 10.8. The number of hydrogen-bond acceptors (Lipinski definition) is 4. The third-order valence-corrected chi connectivity index (χ3v) is 5.68. The fraction of sp³-hybridized carbons (Fsp3) is 0.500. The molecule has 2 aliphatic rings. The molecule has 1 aromatic carbocycles. The first-order valence-electron chi connectivity index (χ1n) is 5.53. The zero-order valence-electron chi connectivity index (χ0n) is 8.98. The molecule has 1 aromatic rings. The lowest BCUT2D eigenvalue weighted by atomic mass is 10.1. The highest BCUT2D eigenvalue weighted by Gasteiger charge is 2.17. The average molecular weight is 254 g/mol. The summed E-state index contributed by atoms with van der Waals surface area (Å²) in [5.74, 6) is 4.40. The molecule has 4 heteroatoms. The Kier molecular flexibility index (Phi) is 3.20. The van der Waals surface area contributed by atoms with E-state index in [0.29, 0.717) is 11.4 Å². The highest BCUT2D eigenvalue weighted by Crippen LogP contribution is 2.36. The van der Waals surface area contributed by atoms with Gasteiger partial charge in [0.15, 0.2) is 11.5 Å². The third-order valence-electron chi connectivity index (χ3n) is 2.74. The molecule has 0 aliphatic carbocycles. The van der Waals surface area contributed by atoms with Gasteiger partial charge in [0, 0.05) is 0 Å². The van der Waals surface area contributed by atoms with E-state index in [2.05, 4.69) is 35.7 Å². The van der Waals surface area contributed by atoms with Crippen LogP contribution in [0.25, 0.3) is 0 Å². The second-order valence-corrected chi connectivity index (χ2v) is 6.84. The fourth-order valence-electron chi connectivity index (χ4n) is 1.91. The minimum Gasteiger partial charge on any atom is -0.454 e. The molecule has 1 saturated heterocycles. The van der Waals surface area contributed by atoms with Crippen molar-refractivity contribution in [1.82, 2.24) is 0 Å². The minimum absolute atomic E-state index is 0.367. The number of fused-ring (bicyclic) bond motifs is 1. The van der Waals surface area contributed by atoms with E-state index in [9.17, 15) is 0 Å². The zero-order valence-corrected chi connectivity index (χ0v) is 10.6. The first-order chi connectivity index (χ1) is 7.92. The van der Waals surface area contributed by atoms with Gasteiger partial charge in [0.1, 0.15) is 0 Å². The summed E-state index contributed by atoms with van der Waals surface area (Å²) in [4.78, 5) is 0. The van der Waals surface area contributed by atoms with Gasteiger partial charge >= 0.3 is 0 Å². The summed E-state index contributed by atoms with van der Waals surface area (Å²) < 4.78 is 11.4. The van der Waals surface area contributed by atoms with E-state index >= 15 is 0 Å². The van der Waals surface area contributed by atoms with Gasteiger partial charge in [-0.15, -0.1) is 23.5 Å². The Hall–Kier alpha value is -0.480. The summed E-state index contributed by atoms with van der Waals surface area (Å²) in [6.45, 7) is 0.367. The lowest BCUT2D eigenvalue weighted by Gasteiger charge is -2.20. The molecule has 0 amide bonds. The molecule has 1 fully saturated rings. The Morgan fingerprint density at radius 2 is 1.94 bits per heavy atom. The summed E-state index contributed by atoms with van der Waals surface area (Å²) in [7, 11) is 0. The van der Waals surface area contributed by atoms with E-state index in [1.807, 2.05) is 6.07 Å². The molecule has 3 rings (SSSR count). The number of benzene rings is 1. The molecule has 0 unspecified atom stereocenters. The van der Waals surface area contributed by atoms with Crippen LogP contribution in [0.2, 0.25) is 0 Å². The Balaban J connectivity index is 1.69. The lowest BCUT2D eigenvalue weighted by molar-refractivity contribution is 0.174. The van der Waals surface area contributed by atoms with Gasteiger partial charge in [-0.05, 0) is 42.0 Å². The largest absolute Gasteiger partial charge is 0.454 e. The van der Waals surface area contributed by atoms with E-state index in [-0.39, 0.29) is 0 Å². The Morgan fingerprint density at radius 3 is 2.81 bits per heavy atom. The molecule has 0 saturated carbocycles. The Labute approximate surface area is 104 Å². The van der Waals surface area contributed by atoms with Gasteiger partial charge < -0.3 is 9.47 Å². The standard InChI is InChI=1S/C12H14O2S2/c1-4-15-12(16-5-1)7-9-2-3-10-11(6-9)14-8-13-10/h2-3,6,12H,1,4-5,7-8H2. The summed E-state index contributed by atoms with van der Waals surface area (Å²) in [5.41, 5.74) is 1.36. The van der Waals surface area contributed by atoms with Gasteiger partial charge in [0.25, 0.3) is 0 Å². The number of hydrogen-bond donors (Lipinski definition) is 0. The van der Waals surface area contributed by atoms with Crippen molar-refractivity contribution in [3.8, 4) is 11.5 Å². The molecule has 0 radical (unpaired) electrons. The highest BCUT2D eigenvalue weighted by molar-refractivity contribution is 8.17. The Morgan fingerprint density at radius 1 is 1.12 bits per heavy atom. The van der Waals surface area contributed by atoms with Crippen molar-refractivity contribution >= 4 is 23.5 Å². The van der Waals surface area contributed by atoms with Gasteiger partial charge in [-0.2, -0.15) is 0 Å². The maximum atomic E-state index is 5.39. The van der Waals surface area contributed by atoms with Crippen LogP contribution in [0.15, 0.2) is 18.2 Å². The third kappa shape index (κ3) is 2.28. The first kappa shape index (κ1) is 10.7. The van der Waals surface area contributed by atoms with Crippen LogP contribution in [0.5, 0.6) is 11.5 Å². The molecule has 0 N–H and O–H groups in total. The van der Waals surface area contributed by atoms with Crippen LogP contribution in [0.4, 0.5) is 0 Å². The van der Waals surface area contributed by atoms with Crippen molar-refractivity contribution in [1.29, 1.82) is 0 Å². The molecule has 0 atom stereocenters. The molecule has 0 spiro atoms. The molecule has 2 aliphatic heterocycles. The summed E-state index contributed by atoms with van der Waals surface area (Å²) in [6, 6.07) is 6.30. The molecule has 16 heavy (non-hydrogen) atoms. The quantitative estimate of drug-likeness (QED) is 0.806. The topological polar surface area (TPSA) is 18.5 Å². The van der Waals surface area contributed by atoms with Gasteiger partial charge in [-0.25, -0.2) is 0 Å². The summed E-state index contributed by atoms with van der Waals surface area (Å²) in [6.07, 6.45) is 2.49. The lowest BCUT2D eigenvalue weighted by Crippen LogP contribution is -2.09. The van der Waals surface area contributed by atoms with Crippen LogP contribution >= 0.6 is 23.5 Å². The van der Waals surface area contributed by atoms with E-state index in [1.54, 1.807) is 0 Å². The van der Waals surface area contributed by atoms with E-state index < -0.39 is 0 Å².